The molecular formula is C20H29N3O. The molecule has 130 valence electrons. The smallest absolute Gasteiger partial charge is 0.107 e. The van der Waals surface area contributed by atoms with Gasteiger partial charge in [-0.15, -0.1) is 6.42 Å². The summed E-state index contributed by atoms with van der Waals surface area (Å²) in [7, 11) is 0. The summed E-state index contributed by atoms with van der Waals surface area (Å²) in [6, 6.07) is 6.74. The number of benzene rings is 1. The van der Waals surface area contributed by atoms with Crippen LogP contribution in [-0.2, 0) is 4.74 Å². The summed E-state index contributed by atoms with van der Waals surface area (Å²) in [6.45, 7) is 2.75. The molecular weight excluding hydrogens is 298 g/mol. The Labute approximate surface area is 145 Å². The minimum atomic E-state index is 0.363. The van der Waals surface area contributed by atoms with Crippen LogP contribution < -0.4 is 11.5 Å². The molecule has 0 radical (unpaired) electrons. The lowest BCUT2D eigenvalue weighted by Crippen LogP contribution is -2.43. The quantitative estimate of drug-likeness (QED) is 0.659. The highest BCUT2D eigenvalue weighted by atomic mass is 16.5. The standard InChI is InChI=1S/C20H29N3O/c1-2-14-24-17-8-6-16(7-9-17)23-12-10-15(11-13-23)18-4-3-5-19(21)20(18)22/h1,3-5,15-17H,6-14,21-22H2/t16-,17-. The number of likely N-dealkylation sites (tertiary alicyclic amines) is 1. The van der Waals surface area contributed by atoms with Crippen molar-refractivity contribution in [3.63, 3.8) is 0 Å². The zero-order chi connectivity index (χ0) is 16.9. The van der Waals surface area contributed by atoms with Crippen molar-refractivity contribution in [1.29, 1.82) is 0 Å². The van der Waals surface area contributed by atoms with E-state index in [1.807, 2.05) is 12.1 Å². The summed E-state index contributed by atoms with van der Waals surface area (Å²) in [5.74, 6) is 3.11. The van der Waals surface area contributed by atoms with Gasteiger partial charge in [-0.25, -0.2) is 0 Å². The summed E-state index contributed by atoms with van der Waals surface area (Å²) in [5, 5.41) is 0. The Hall–Kier alpha value is -1.70. The van der Waals surface area contributed by atoms with E-state index in [1.165, 1.54) is 31.2 Å². The summed E-state index contributed by atoms with van der Waals surface area (Å²) < 4.78 is 5.69. The van der Waals surface area contributed by atoms with Crippen LogP contribution in [0.25, 0.3) is 0 Å². The Kier molecular flexibility index (Phi) is 5.65. The van der Waals surface area contributed by atoms with Gasteiger partial charge in [0.25, 0.3) is 0 Å². The molecule has 1 heterocycles. The van der Waals surface area contributed by atoms with Crippen LogP contribution in [0.3, 0.4) is 0 Å². The molecule has 0 bridgehead atoms. The first kappa shape index (κ1) is 17.1. The van der Waals surface area contributed by atoms with Crippen molar-refractivity contribution in [2.75, 3.05) is 31.2 Å². The average Bonchev–Trinajstić information content (AvgIpc) is 2.63. The maximum atomic E-state index is 6.18. The largest absolute Gasteiger partial charge is 0.397 e. The van der Waals surface area contributed by atoms with Gasteiger partial charge in [-0.1, -0.05) is 18.1 Å². The third kappa shape index (κ3) is 3.85. The van der Waals surface area contributed by atoms with Gasteiger partial charge >= 0.3 is 0 Å². The molecule has 0 amide bonds. The van der Waals surface area contributed by atoms with Gasteiger partial charge in [0.1, 0.15) is 6.61 Å². The first-order valence-electron chi connectivity index (χ1n) is 9.12. The van der Waals surface area contributed by atoms with Crippen LogP contribution in [-0.4, -0.2) is 36.7 Å². The summed E-state index contributed by atoms with van der Waals surface area (Å²) in [6.07, 6.45) is 12.7. The molecule has 1 saturated heterocycles. The fraction of sp³-hybridized carbons (Fsp3) is 0.600. The number of hydrogen-bond acceptors (Lipinski definition) is 4. The van der Waals surface area contributed by atoms with Crippen molar-refractivity contribution in [2.24, 2.45) is 0 Å². The van der Waals surface area contributed by atoms with Gasteiger partial charge in [0.2, 0.25) is 0 Å². The lowest BCUT2D eigenvalue weighted by Gasteiger charge is -2.41. The fourth-order valence-electron chi connectivity index (χ4n) is 4.28. The molecule has 4 nitrogen and oxygen atoms in total. The molecule has 1 aromatic carbocycles. The van der Waals surface area contributed by atoms with Gasteiger partial charge < -0.3 is 21.1 Å². The number of piperidine rings is 1. The minimum Gasteiger partial charge on any atom is -0.397 e. The molecule has 1 aromatic rings. The predicted molar refractivity (Wildman–Crippen MR) is 99.6 cm³/mol. The third-order valence-corrected chi connectivity index (χ3v) is 5.71. The van der Waals surface area contributed by atoms with E-state index >= 15 is 0 Å². The van der Waals surface area contributed by atoms with Crippen LogP contribution in [0.4, 0.5) is 11.4 Å². The second kappa shape index (κ2) is 7.92. The summed E-state index contributed by atoms with van der Waals surface area (Å²) in [4.78, 5) is 2.66. The van der Waals surface area contributed by atoms with Gasteiger partial charge in [0.05, 0.1) is 17.5 Å². The summed E-state index contributed by atoms with van der Waals surface area (Å²) in [5.41, 5.74) is 14.9. The van der Waals surface area contributed by atoms with E-state index in [-0.39, 0.29) is 0 Å². The van der Waals surface area contributed by atoms with Crippen molar-refractivity contribution in [3.05, 3.63) is 23.8 Å². The molecule has 0 aromatic heterocycles. The Balaban J connectivity index is 1.49. The van der Waals surface area contributed by atoms with Crippen molar-refractivity contribution in [1.82, 2.24) is 4.90 Å². The SMILES string of the molecule is C#CCO[C@H]1CC[C@H](N2CCC(c3cccc(N)c3N)CC2)CC1. The number of terminal acetylenes is 1. The predicted octanol–water partition coefficient (Wildman–Crippen LogP) is 2.99. The molecule has 2 aliphatic rings. The second-order valence-corrected chi connectivity index (χ2v) is 7.11. The van der Waals surface area contributed by atoms with Gasteiger partial charge in [-0.05, 0) is 69.2 Å². The van der Waals surface area contributed by atoms with Crippen molar-refractivity contribution in [3.8, 4) is 12.3 Å². The lowest BCUT2D eigenvalue weighted by atomic mass is 9.85. The van der Waals surface area contributed by atoms with Crippen LogP contribution >= 0.6 is 0 Å². The van der Waals surface area contributed by atoms with Crippen molar-refractivity contribution in [2.45, 2.75) is 56.6 Å². The Morgan fingerprint density at radius 2 is 1.79 bits per heavy atom. The monoisotopic (exact) mass is 327 g/mol. The van der Waals surface area contributed by atoms with Crippen LogP contribution in [0.15, 0.2) is 18.2 Å². The molecule has 1 aliphatic carbocycles. The number of nitrogen functional groups attached to an aromatic ring is 2. The summed E-state index contributed by atoms with van der Waals surface area (Å²) >= 11 is 0. The molecule has 1 aliphatic heterocycles. The van der Waals surface area contributed by atoms with Gasteiger partial charge in [0, 0.05) is 6.04 Å². The number of nitrogens with zero attached hydrogens (tertiary/aromatic N) is 1. The van der Waals surface area contributed by atoms with Crippen LogP contribution in [0.1, 0.15) is 50.0 Å². The molecule has 0 atom stereocenters. The zero-order valence-corrected chi connectivity index (χ0v) is 14.4. The number of anilines is 2. The molecule has 3 rings (SSSR count). The third-order valence-electron chi connectivity index (χ3n) is 5.71. The van der Waals surface area contributed by atoms with Crippen molar-refractivity contribution >= 4 is 11.4 Å². The number of para-hydroxylation sites is 1. The number of nitrogens with two attached hydrogens (primary N) is 2. The molecule has 4 N–H and O–H groups in total. The van der Waals surface area contributed by atoms with E-state index in [0.29, 0.717) is 30.4 Å². The fourth-order valence-corrected chi connectivity index (χ4v) is 4.28. The normalized spacial score (nSPS) is 26.1. The molecule has 24 heavy (non-hydrogen) atoms. The van der Waals surface area contributed by atoms with Crippen molar-refractivity contribution < 1.29 is 4.74 Å². The number of ether oxygens (including phenoxy) is 1. The molecule has 1 saturated carbocycles. The maximum Gasteiger partial charge on any atom is 0.107 e. The molecule has 4 heteroatoms. The highest BCUT2D eigenvalue weighted by molar-refractivity contribution is 5.68. The Morgan fingerprint density at radius 1 is 1.08 bits per heavy atom. The minimum absolute atomic E-state index is 0.363. The Bertz CT molecular complexity index is 579. The highest BCUT2D eigenvalue weighted by Crippen LogP contribution is 2.36. The van der Waals surface area contributed by atoms with E-state index in [4.69, 9.17) is 22.6 Å². The first-order chi connectivity index (χ1) is 11.7. The number of rotatable bonds is 4. The molecule has 2 fully saturated rings. The lowest BCUT2D eigenvalue weighted by molar-refractivity contribution is 0.0184. The van der Waals surface area contributed by atoms with Crippen LogP contribution in [0.5, 0.6) is 0 Å². The zero-order valence-electron chi connectivity index (χ0n) is 14.4. The van der Waals surface area contributed by atoms with Gasteiger partial charge in [0.15, 0.2) is 0 Å². The maximum absolute atomic E-state index is 6.18. The van der Waals surface area contributed by atoms with E-state index < -0.39 is 0 Å². The van der Waals surface area contributed by atoms with E-state index in [1.54, 1.807) is 0 Å². The van der Waals surface area contributed by atoms with Crippen LogP contribution in [0.2, 0.25) is 0 Å². The molecule has 0 spiro atoms. The average molecular weight is 327 g/mol. The van der Waals surface area contributed by atoms with Crippen LogP contribution in [0, 0.1) is 12.3 Å². The van der Waals surface area contributed by atoms with E-state index in [0.717, 1.165) is 31.6 Å². The molecule has 0 unspecified atom stereocenters. The van der Waals surface area contributed by atoms with Gasteiger partial charge in [-0.2, -0.15) is 0 Å². The highest BCUT2D eigenvalue weighted by Gasteiger charge is 2.30. The number of hydrogen-bond donors (Lipinski definition) is 2. The topological polar surface area (TPSA) is 64.5 Å². The Morgan fingerprint density at radius 3 is 2.46 bits per heavy atom. The second-order valence-electron chi connectivity index (χ2n) is 7.11. The first-order valence-corrected chi connectivity index (χ1v) is 9.12. The van der Waals surface area contributed by atoms with E-state index in [2.05, 4.69) is 16.9 Å². The van der Waals surface area contributed by atoms with E-state index in [9.17, 15) is 0 Å². The van der Waals surface area contributed by atoms with Gasteiger partial charge in [-0.3, -0.25) is 0 Å².